The van der Waals surface area contributed by atoms with Gasteiger partial charge in [0.25, 0.3) is 0 Å². The molecule has 1 saturated carbocycles. The van der Waals surface area contributed by atoms with E-state index in [-0.39, 0.29) is 5.54 Å². The Morgan fingerprint density at radius 3 is 2.57 bits per heavy atom. The molecule has 0 unspecified atom stereocenters. The molecule has 0 spiro atoms. The van der Waals surface area contributed by atoms with Crippen LogP contribution >= 0.6 is 0 Å². The number of benzene rings is 1. The van der Waals surface area contributed by atoms with Gasteiger partial charge in [-0.05, 0) is 37.0 Å². The van der Waals surface area contributed by atoms with Crippen LogP contribution in [0.3, 0.4) is 0 Å². The van der Waals surface area contributed by atoms with Gasteiger partial charge in [0, 0.05) is 5.54 Å². The maximum atomic E-state index is 9.62. The molecule has 2 nitrogen and oxygen atoms in total. The van der Waals surface area contributed by atoms with E-state index in [2.05, 4.69) is 0 Å². The number of aromatic hydroxyl groups is 1. The summed E-state index contributed by atoms with van der Waals surface area (Å²) in [6.45, 7) is 1.94. The highest BCUT2D eigenvalue weighted by atomic mass is 16.3. The summed E-state index contributed by atoms with van der Waals surface area (Å²) in [5, 5.41) is 9.62. The van der Waals surface area contributed by atoms with Gasteiger partial charge < -0.3 is 10.8 Å². The minimum Gasteiger partial charge on any atom is -0.508 e. The minimum atomic E-state index is -0.192. The molecule has 0 saturated heterocycles. The Kier molecular flexibility index (Phi) is 2.23. The predicted octanol–water partition coefficient (Wildman–Crippen LogP) is 2.43. The van der Waals surface area contributed by atoms with E-state index in [1.165, 1.54) is 12.8 Å². The zero-order chi connectivity index (χ0) is 10.2. The molecule has 0 bridgehead atoms. The summed E-state index contributed by atoms with van der Waals surface area (Å²) in [6, 6.07) is 5.64. The van der Waals surface area contributed by atoms with E-state index in [0.29, 0.717) is 5.75 Å². The molecule has 14 heavy (non-hydrogen) atoms. The monoisotopic (exact) mass is 191 g/mol. The maximum Gasteiger partial charge on any atom is 0.118 e. The zero-order valence-corrected chi connectivity index (χ0v) is 8.59. The van der Waals surface area contributed by atoms with E-state index in [9.17, 15) is 5.11 Å². The third-order valence-corrected chi connectivity index (χ3v) is 3.34. The van der Waals surface area contributed by atoms with Gasteiger partial charge in [0.2, 0.25) is 0 Å². The first-order valence-corrected chi connectivity index (χ1v) is 5.21. The molecule has 2 heteroatoms. The van der Waals surface area contributed by atoms with Crippen LogP contribution in [0, 0.1) is 6.92 Å². The van der Waals surface area contributed by atoms with Crippen LogP contribution in [-0.4, -0.2) is 5.11 Å². The summed E-state index contributed by atoms with van der Waals surface area (Å²) in [5.74, 6) is 0.360. The van der Waals surface area contributed by atoms with Crippen molar-refractivity contribution in [2.45, 2.75) is 38.1 Å². The van der Waals surface area contributed by atoms with E-state index in [1.54, 1.807) is 6.07 Å². The molecule has 0 atom stereocenters. The lowest BCUT2D eigenvalue weighted by Crippen LogP contribution is -2.33. The molecule has 0 aromatic heterocycles. The number of phenols is 1. The standard InChI is InChI=1S/C12H17NO/c1-9-10(5-4-6-11(9)14)12(13)7-2-3-8-12/h4-6,14H,2-3,7-8,13H2,1H3. The van der Waals surface area contributed by atoms with E-state index >= 15 is 0 Å². The molecule has 2 rings (SSSR count). The van der Waals surface area contributed by atoms with Crippen molar-refractivity contribution in [3.63, 3.8) is 0 Å². The number of rotatable bonds is 1. The van der Waals surface area contributed by atoms with Crippen molar-refractivity contribution in [3.05, 3.63) is 29.3 Å². The lowest BCUT2D eigenvalue weighted by atomic mass is 9.86. The fraction of sp³-hybridized carbons (Fsp3) is 0.500. The highest BCUT2D eigenvalue weighted by Crippen LogP contribution is 2.39. The van der Waals surface area contributed by atoms with Crippen LogP contribution in [0.25, 0.3) is 0 Å². The van der Waals surface area contributed by atoms with E-state index in [4.69, 9.17) is 5.73 Å². The second kappa shape index (κ2) is 3.28. The number of nitrogens with two attached hydrogens (primary N) is 1. The summed E-state index contributed by atoms with van der Waals surface area (Å²) in [4.78, 5) is 0. The van der Waals surface area contributed by atoms with Gasteiger partial charge in [-0.15, -0.1) is 0 Å². The fourth-order valence-corrected chi connectivity index (χ4v) is 2.44. The van der Waals surface area contributed by atoms with Crippen LogP contribution in [0.1, 0.15) is 36.8 Å². The Hall–Kier alpha value is -1.02. The Balaban J connectivity index is 2.45. The average molecular weight is 191 g/mol. The molecule has 3 N–H and O–H groups in total. The van der Waals surface area contributed by atoms with Crippen molar-refractivity contribution < 1.29 is 5.11 Å². The molecule has 1 aliphatic carbocycles. The summed E-state index contributed by atoms with van der Waals surface area (Å²) in [7, 11) is 0. The van der Waals surface area contributed by atoms with Gasteiger partial charge in [0.15, 0.2) is 0 Å². The van der Waals surface area contributed by atoms with Gasteiger partial charge in [-0.2, -0.15) is 0 Å². The molecule has 1 aliphatic rings. The van der Waals surface area contributed by atoms with Gasteiger partial charge in [-0.1, -0.05) is 25.0 Å². The molecular formula is C12H17NO. The Morgan fingerprint density at radius 2 is 1.93 bits per heavy atom. The second-order valence-electron chi connectivity index (χ2n) is 4.31. The molecule has 0 aliphatic heterocycles. The average Bonchev–Trinajstić information content (AvgIpc) is 2.58. The second-order valence-corrected chi connectivity index (χ2v) is 4.31. The smallest absolute Gasteiger partial charge is 0.118 e. The van der Waals surface area contributed by atoms with Crippen molar-refractivity contribution in [3.8, 4) is 5.75 Å². The fourth-order valence-electron chi connectivity index (χ4n) is 2.44. The lowest BCUT2D eigenvalue weighted by Gasteiger charge is -2.26. The number of phenolic OH excluding ortho intramolecular Hbond substituents is 1. The van der Waals surface area contributed by atoms with Crippen LogP contribution in [0.15, 0.2) is 18.2 Å². The summed E-state index contributed by atoms with van der Waals surface area (Å²) in [6.07, 6.45) is 4.48. The van der Waals surface area contributed by atoms with Crippen molar-refractivity contribution in [1.82, 2.24) is 0 Å². The Labute approximate surface area is 84.7 Å². The first-order chi connectivity index (χ1) is 6.63. The Bertz CT molecular complexity index is 340. The zero-order valence-electron chi connectivity index (χ0n) is 8.59. The lowest BCUT2D eigenvalue weighted by molar-refractivity contribution is 0.441. The van der Waals surface area contributed by atoms with Gasteiger partial charge in [-0.25, -0.2) is 0 Å². The summed E-state index contributed by atoms with van der Waals surface area (Å²) in [5.41, 5.74) is 8.21. The third-order valence-electron chi connectivity index (χ3n) is 3.34. The molecule has 0 heterocycles. The number of hydrogen-bond donors (Lipinski definition) is 2. The molecule has 1 aromatic rings. The molecule has 1 aromatic carbocycles. The molecule has 0 amide bonds. The van der Waals surface area contributed by atoms with Crippen LogP contribution in [0.2, 0.25) is 0 Å². The summed E-state index contributed by atoms with van der Waals surface area (Å²) >= 11 is 0. The van der Waals surface area contributed by atoms with Crippen LogP contribution < -0.4 is 5.73 Å². The minimum absolute atomic E-state index is 0.192. The highest BCUT2D eigenvalue weighted by Gasteiger charge is 2.32. The van der Waals surface area contributed by atoms with E-state index in [0.717, 1.165) is 24.0 Å². The van der Waals surface area contributed by atoms with Crippen LogP contribution in [0.4, 0.5) is 0 Å². The quantitative estimate of drug-likeness (QED) is 0.716. The van der Waals surface area contributed by atoms with E-state index < -0.39 is 0 Å². The first-order valence-electron chi connectivity index (χ1n) is 5.21. The normalized spacial score (nSPS) is 19.9. The van der Waals surface area contributed by atoms with Crippen LogP contribution in [-0.2, 0) is 5.54 Å². The van der Waals surface area contributed by atoms with E-state index in [1.807, 2.05) is 19.1 Å². The predicted molar refractivity (Wildman–Crippen MR) is 57.2 cm³/mol. The topological polar surface area (TPSA) is 46.2 Å². The molecule has 1 fully saturated rings. The van der Waals surface area contributed by atoms with Gasteiger partial charge in [0.05, 0.1) is 0 Å². The van der Waals surface area contributed by atoms with Crippen LogP contribution in [0.5, 0.6) is 5.75 Å². The SMILES string of the molecule is Cc1c(O)cccc1C1(N)CCCC1. The van der Waals surface area contributed by atoms with Gasteiger partial charge in [-0.3, -0.25) is 0 Å². The van der Waals surface area contributed by atoms with Crippen molar-refractivity contribution in [2.75, 3.05) is 0 Å². The number of hydrogen-bond acceptors (Lipinski definition) is 2. The Morgan fingerprint density at radius 1 is 1.29 bits per heavy atom. The molecule has 0 radical (unpaired) electrons. The maximum absolute atomic E-state index is 9.62. The van der Waals surface area contributed by atoms with Gasteiger partial charge in [0.1, 0.15) is 5.75 Å². The van der Waals surface area contributed by atoms with Crippen molar-refractivity contribution in [1.29, 1.82) is 0 Å². The van der Waals surface area contributed by atoms with Crippen molar-refractivity contribution >= 4 is 0 Å². The highest BCUT2D eigenvalue weighted by molar-refractivity contribution is 5.42. The van der Waals surface area contributed by atoms with Gasteiger partial charge >= 0.3 is 0 Å². The molecule has 76 valence electrons. The molecular weight excluding hydrogens is 174 g/mol. The third kappa shape index (κ3) is 1.40. The first kappa shape index (κ1) is 9.53. The summed E-state index contributed by atoms with van der Waals surface area (Å²) < 4.78 is 0. The largest absolute Gasteiger partial charge is 0.508 e. The van der Waals surface area contributed by atoms with Crippen molar-refractivity contribution in [2.24, 2.45) is 5.73 Å².